The van der Waals surface area contributed by atoms with E-state index in [1.807, 2.05) is 0 Å². The second-order valence-electron chi connectivity index (χ2n) is 3.58. The van der Waals surface area contributed by atoms with Crippen LogP contribution in [0.25, 0.3) is 0 Å². The lowest BCUT2D eigenvalue weighted by molar-refractivity contribution is -0.147. The Labute approximate surface area is 82.9 Å². The first-order valence-electron chi connectivity index (χ1n) is 4.77. The highest BCUT2D eigenvalue weighted by atomic mass is 16.5. The quantitative estimate of drug-likeness (QED) is 0.283. The molecule has 0 radical (unpaired) electrons. The summed E-state index contributed by atoms with van der Waals surface area (Å²) in [7, 11) is 1.39. The molecule has 0 aromatic rings. The van der Waals surface area contributed by atoms with Crippen LogP contribution in [-0.2, 0) is 14.3 Å². The number of esters is 1. The molecule has 0 spiro atoms. The number of nitrogens with two attached hydrogens (primary N) is 1. The van der Waals surface area contributed by atoms with Gasteiger partial charge in [-0.05, 0) is 25.7 Å². The van der Waals surface area contributed by atoms with Crippen LogP contribution in [-0.4, -0.2) is 19.0 Å². The number of rotatable bonds is 2. The second kappa shape index (κ2) is 4.95. The van der Waals surface area contributed by atoms with Crippen LogP contribution in [0.5, 0.6) is 0 Å². The van der Waals surface area contributed by atoms with Gasteiger partial charge in [-0.1, -0.05) is 0 Å². The van der Waals surface area contributed by atoms with E-state index in [1.165, 1.54) is 7.11 Å². The molecule has 0 saturated heterocycles. The first-order valence-corrected chi connectivity index (χ1v) is 4.77. The molecule has 1 fully saturated rings. The zero-order valence-corrected chi connectivity index (χ0v) is 8.29. The molecular weight excluding hydrogens is 184 g/mol. The predicted octanol–water partition coefficient (Wildman–Crippen LogP) is -0.0443. The van der Waals surface area contributed by atoms with Crippen molar-refractivity contribution in [2.45, 2.75) is 25.7 Å². The lowest BCUT2D eigenvalue weighted by Crippen LogP contribution is -2.38. The minimum absolute atomic E-state index is 0.0400. The van der Waals surface area contributed by atoms with Crippen molar-refractivity contribution in [3.05, 3.63) is 0 Å². The van der Waals surface area contributed by atoms with Gasteiger partial charge < -0.3 is 4.74 Å². The number of amides is 1. The summed E-state index contributed by atoms with van der Waals surface area (Å²) < 4.78 is 4.65. The molecule has 0 heterocycles. The number of methoxy groups -OCH3 is 1. The molecule has 0 bridgehead atoms. The SMILES string of the molecule is COC(=O)C1CCC(C(=O)NN)CC1. The zero-order valence-electron chi connectivity index (χ0n) is 8.29. The van der Waals surface area contributed by atoms with E-state index in [1.54, 1.807) is 0 Å². The Kier molecular flexibility index (Phi) is 3.88. The molecule has 1 rings (SSSR count). The van der Waals surface area contributed by atoms with E-state index in [-0.39, 0.29) is 23.7 Å². The Morgan fingerprint density at radius 3 is 2.14 bits per heavy atom. The molecule has 0 unspecified atom stereocenters. The average molecular weight is 200 g/mol. The molecule has 1 saturated carbocycles. The number of hydrogen-bond acceptors (Lipinski definition) is 4. The minimum Gasteiger partial charge on any atom is -0.469 e. The van der Waals surface area contributed by atoms with Gasteiger partial charge in [-0.25, -0.2) is 5.84 Å². The maximum absolute atomic E-state index is 11.2. The van der Waals surface area contributed by atoms with Gasteiger partial charge >= 0.3 is 5.97 Å². The smallest absolute Gasteiger partial charge is 0.308 e. The minimum atomic E-state index is -0.170. The molecule has 3 N–H and O–H groups in total. The largest absolute Gasteiger partial charge is 0.469 e. The maximum atomic E-state index is 11.2. The highest BCUT2D eigenvalue weighted by molar-refractivity contribution is 5.78. The van der Waals surface area contributed by atoms with Crippen LogP contribution in [0.4, 0.5) is 0 Å². The van der Waals surface area contributed by atoms with Gasteiger partial charge in [-0.15, -0.1) is 0 Å². The van der Waals surface area contributed by atoms with E-state index >= 15 is 0 Å². The second-order valence-corrected chi connectivity index (χ2v) is 3.58. The molecule has 5 heteroatoms. The fraction of sp³-hybridized carbons (Fsp3) is 0.778. The molecule has 1 aliphatic carbocycles. The van der Waals surface area contributed by atoms with E-state index in [2.05, 4.69) is 10.2 Å². The van der Waals surface area contributed by atoms with Crippen molar-refractivity contribution in [2.75, 3.05) is 7.11 Å². The van der Waals surface area contributed by atoms with Crippen molar-refractivity contribution in [1.82, 2.24) is 5.43 Å². The van der Waals surface area contributed by atoms with Crippen LogP contribution < -0.4 is 11.3 Å². The van der Waals surface area contributed by atoms with E-state index in [9.17, 15) is 9.59 Å². The van der Waals surface area contributed by atoms with Gasteiger partial charge in [0.2, 0.25) is 5.91 Å². The van der Waals surface area contributed by atoms with Gasteiger partial charge in [-0.2, -0.15) is 0 Å². The third-order valence-corrected chi connectivity index (χ3v) is 2.77. The number of ether oxygens (including phenoxy) is 1. The Morgan fingerprint density at radius 2 is 1.71 bits per heavy atom. The average Bonchev–Trinajstić information content (AvgIpc) is 2.27. The first-order chi connectivity index (χ1) is 6.69. The molecular formula is C9H16N2O3. The van der Waals surface area contributed by atoms with Gasteiger partial charge in [0, 0.05) is 5.92 Å². The maximum Gasteiger partial charge on any atom is 0.308 e. The van der Waals surface area contributed by atoms with E-state index in [4.69, 9.17) is 5.84 Å². The summed E-state index contributed by atoms with van der Waals surface area (Å²) >= 11 is 0. The van der Waals surface area contributed by atoms with Gasteiger partial charge in [0.05, 0.1) is 13.0 Å². The summed E-state index contributed by atoms with van der Waals surface area (Å²) in [6, 6.07) is 0. The molecule has 1 aliphatic rings. The summed E-state index contributed by atoms with van der Waals surface area (Å²) in [5.74, 6) is 4.65. The predicted molar refractivity (Wildman–Crippen MR) is 49.8 cm³/mol. The van der Waals surface area contributed by atoms with E-state index in [0.29, 0.717) is 25.7 Å². The monoisotopic (exact) mass is 200 g/mol. The van der Waals surface area contributed by atoms with Crippen LogP contribution in [0, 0.1) is 11.8 Å². The number of hydrogen-bond donors (Lipinski definition) is 2. The van der Waals surface area contributed by atoms with E-state index < -0.39 is 0 Å². The lowest BCUT2D eigenvalue weighted by Gasteiger charge is -2.25. The highest BCUT2D eigenvalue weighted by Crippen LogP contribution is 2.29. The van der Waals surface area contributed by atoms with Gasteiger partial charge in [0.1, 0.15) is 0 Å². The topological polar surface area (TPSA) is 81.4 Å². The Hall–Kier alpha value is -1.10. The molecule has 0 aromatic carbocycles. The molecule has 80 valence electrons. The summed E-state index contributed by atoms with van der Waals surface area (Å²) in [5, 5.41) is 0. The van der Waals surface area contributed by atoms with E-state index in [0.717, 1.165) is 0 Å². The first kappa shape index (κ1) is 11.0. The molecule has 0 atom stereocenters. The molecule has 14 heavy (non-hydrogen) atoms. The van der Waals surface area contributed by atoms with Crippen LogP contribution >= 0.6 is 0 Å². The van der Waals surface area contributed by atoms with Crippen LogP contribution in [0.15, 0.2) is 0 Å². The van der Waals surface area contributed by atoms with Crippen molar-refractivity contribution in [2.24, 2.45) is 17.7 Å². The fourth-order valence-electron chi connectivity index (χ4n) is 1.88. The van der Waals surface area contributed by atoms with Crippen LogP contribution in [0.2, 0.25) is 0 Å². The normalized spacial score (nSPS) is 26.7. The molecule has 1 amide bonds. The van der Waals surface area contributed by atoms with Crippen molar-refractivity contribution in [3.63, 3.8) is 0 Å². The van der Waals surface area contributed by atoms with Crippen molar-refractivity contribution in [3.8, 4) is 0 Å². The Balaban J connectivity index is 2.38. The number of hydrazine groups is 1. The Bertz CT molecular complexity index is 198. The lowest BCUT2D eigenvalue weighted by atomic mass is 9.82. The number of carbonyl (C=O) groups excluding carboxylic acids is 2. The van der Waals surface area contributed by atoms with Crippen LogP contribution in [0.1, 0.15) is 25.7 Å². The third-order valence-electron chi connectivity index (χ3n) is 2.77. The van der Waals surface area contributed by atoms with Gasteiger partial charge in [0.25, 0.3) is 0 Å². The van der Waals surface area contributed by atoms with Gasteiger partial charge in [-0.3, -0.25) is 15.0 Å². The van der Waals surface area contributed by atoms with Crippen molar-refractivity contribution in [1.29, 1.82) is 0 Å². The molecule has 0 aromatic heterocycles. The number of carbonyl (C=O) groups is 2. The summed E-state index contributed by atoms with van der Waals surface area (Å²) in [6.45, 7) is 0. The third kappa shape index (κ3) is 2.45. The molecule has 5 nitrogen and oxygen atoms in total. The summed E-state index contributed by atoms with van der Waals surface area (Å²) in [5.41, 5.74) is 2.14. The summed E-state index contributed by atoms with van der Waals surface area (Å²) in [4.78, 5) is 22.3. The fourth-order valence-corrected chi connectivity index (χ4v) is 1.88. The highest BCUT2D eigenvalue weighted by Gasteiger charge is 2.29. The van der Waals surface area contributed by atoms with Crippen molar-refractivity contribution >= 4 is 11.9 Å². The Morgan fingerprint density at radius 1 is 1.21 bits per heavy atom. The van der Waals surface area contributed by atoms with Gasteiger partial charge in [0.15, 0.2) is 0 Å². The van der Waals surface area contributed by atoms with Crippen LogP contribution in [0.3, 0.4) is 0 Å². The summed E-state index contributed by atoms with van der Waals surface area (Å²) in [6.07, 6.45) is 2.85. The molecule has 0 aliphatic heterocycles. The zero-order chi connectivity index (χ0) is 10.6. The standard InChI is InChI=1S/C9H16N2O3/c1-14-9(13)7-4-2-6(3-5-7)8(12)11-10/h6-7H,2-5,10H2,1H3,(H,11,12). The number of nitrogens with one attached hydrogen (secondary N) is 1. The van der Waals surface area contributed by atoms with Crippen molar-refractivity contribution < 1.29 is 14.3 Å².